The molecule has 0 spiro atoms. The predicted octanol–water partition coefficient (Wildman–Crippen LogP) is 0.882. The number of nitrogens with one attached hydrogen (secondary N) is 1. The van der Waals surface area contributed by atoms with Crippen molar-refractivity contribution >= 4 is 11.7 Å². The van der Waals surface area contributed by atoms with Gasteiger partial charge in [0, 0.05) is 50.6 Å². The van der Waals surface area contributed by atoms with E-state index in [1.54, 1.807) is 18.7 Å². The van der Waals surface area contributed by atoms with Gasteiger partial charge in [-0.1, -0.05) is 0 Å². The fourth-order valence-corrected chi connectivity index (χ4v) is 3.40. The first kappa shape index (κ1) is 15.1. The number of nitrogens with zero attached hydrogens (tertiary/aromatic N) is 4. The molecule has 2 aromatic rings. The van der Waals surface area contributed by atoms with Gasteiger partial charge in [0.25, 0.3) is 5.91 Å². The second kappa shape index (κ2) is 6.60. The number of fused-ring (bicyclic) bond motifs is 1. The maximum atomic E-state index is 12.6. The van der Waals surface area contributed by atoms with Crippen molar-refractivity contribution in [3.05, 3.63) is 41.6 Å². The van der Waals surface area contributed by atoms with Crippen molar-refractivity contribution in [2.75, 3.05) is 44.3 Å². The van der Waals surface area contributed by atoms with Gasteiger partial charge in [-0.3, -0.25) is 4.79 Å². The van der Waals surface area contributed by atoms with Crippen LogP contribution < -0.4 is 4.90 Å². The summed E-state index contributed by atoms with van der Waals surface area (Å²) < 4.78 is 5.44. The SMILES string of the molecule is O=C(c1cc[nH]c1)N1CCc2ncnc(N3CCOCC3)c2CC1. The van der Waals surface area contributed by atoms with Crippen molar-refractivity contribution < 1.29 is 9.53 Å². The van der Waals surface area contributed by atoms with E-state index in [2.05, 4.69) is 19.9 Å². The summed E-state index contributed by atoms with van der Waals surface area (Å²) in [6, 6.07) is 1.82. The molecule has 0 radical (unpaired) electrons. The maximum Gasteiger partial charge on any atom is 0.255 e. The van der Waals surface area contributed by atoms with Gasteiger partial charge in [0.1, 0.15) is 12.1 Å². The van der Waals surface area contributed by atoms with E-state index in [0.29, 0.717) is 18.7 Å². The topological polar surface area (TPSA) is 74.4 Å². The van der Waals surface area contributed by atoms with Crippen LogP contribution in [0.3, 0.4) is 0 Å². The molecule has 0 aliphatic carbocycles. The molecule has 126 valence electrons. The van der Waals surface area contributed by atoms with Gasteiger partial charge in [0.2, 0.25) is 0 Å². The number of H-pyrrole nitrogens is 1. The van der Waals surface area contributed by atoms with Crippen LogP contribution in [-0.2, 0) is 17.6 Å². The minimum atomic E-state index is 0.0740. The number of carbonyl (C=O) groups excluding carboxylic acids is 1. The third-order valence-corrected chi connectivity index (χ3v) is 4.70. The highest BCUT2D eigenvalue weighted by molar-refractivity contribution is 5.94. The molecule has 2 aliphatic rings. The van der Waals surface area contributed by atoms with Gasteiger partial charge in [-0.25, -0.2) is 9.97 Å². The Bertz CT molecular complexity index is 710. The lowest BCUT2D eigenvalue weighted by Crippen LogP contribution is -2.37. The largest absolute Gasteiger partial charge is 0.378 e. The molecule has 0 atom stereocenters. The van der Waals surface area contributed by atoms with E-state index in [9.17, 15) is 4.79 Å². The second-order valence-electron chi connectivity index (χ2n) is 6.11. The van der Waals surface area contributed by atoms with E-state index in [1.807, 2.05) is 11.0 Å². The third-order valence-electron chi connectivity index (χ3n) is 4.70. The number of hydrogen-bond acceptors (Lipinski definition) is 5. The number of carbonyl (C=O) groups is 1. The molecule has 7 heteroatoms. The van der Waals surface area contributed by atoms with E-state index in [-0.39, 0.29) is 5.91 Å². The summed E-state index contributed by atoms with van der Waals surface area (Å²) in [5, 5.41) is 0. The fraction of sp³-hybridized carbons (Fsp3) is 0.471. The van der Waals surface area contributed by atoms with E-state index < -0.39 is 0 Å². The van der Waals surface area contributed by atoms with Gasteiger partial charge in [-0.2, -0.15) is 0 Å². The zero-order valence-electron chi connectivity index (χ0n) is 13.6. The molecule has 7 nitrogen and oxygen atoms in total. The minimum absolute atomic E-state index is 0.0740. The normalized spacial score (nSPS) is 18.2. The van der Waals surface area contributed by atoms with Crippen molar-refractivity contribution in [3.8, 4) is 0 Å². The Balaban J connectivity index is 1.55. The Hall–Kier alpha value is -2.41. The molecule has 1 fully saturated rings. The average Bonchev–Trinajstić information content (AvgIpc) is 3.08. The lowest BCUT2D eigenvalue weighted by Gasteiger charge is -2.29. The molecule has 0 bridgehead atoms. The first-order chi connectivity index (χ1) is 11.8. The number of rotatable bonds is 2. The summed E-state index contributed by atoms with van der Waals surface area (Å²) in [7, 11) is 0. The molecule has 4 rings (SSSR count). The van der Waals surface area contributed by atoms with Crippen LogP contribution in [-0.4, -0.2) is 65.2 Å². The Morgan fingerprint density at radius 3 is 2.75 bits per heavy atom. The number of anilines is 1. The first-order valence-electron chi connectivity index (χ1n) is 8.40. The summed E-state index contributed by atoms with van der Waals surface area (Å²) in [6.45, 7) is 4.57. The Kier molecular flexibility index (Phi) is 4.17. The van der Waals surface area contributed by atoms with Crippen molar-refractivity contribution in [1.29, 1.82) is 0 Å². The molecule has 1 saturated heterocycles. The molecule has 2 aliphatic heterocycles. The van der Waals surface area contributed by atoms with Crippen LogP contribution in [0, 0.1) is 0 Å². The van der Waals surface area contributed by atoms with Crippen molar-refractivity contribution in [2.24, 2.45) is 0 Å². The molecule has 24 heavy (non-hydrogen) atoms. The number of amides is 1. The molecule has 1 N–H and O–H groups in total. The molecule has 0 saturated carbocycles. The van der Waals surface area contributed by atoms with E-state index in [1.165, 1.54) is 5.56 Å². The Morgan fingerprint density at radius 1 is 1.12 bits per heavy atom. The van der Waals surface area contributed by atoms with Gasteiger partial charge >= 0.3 is 0 Å². The number of morpholine rings is 1. The van der Waals surface area contributed by atoms with Gasteiger partial charge < -0.3 is 19.5 Å². The van der Waals surface area contributed by atoms with E-state index >= 15 is 0 Å². The van der Waals surface area contributed by atoms with Gasteiger partial charge in [-0.05, 0) is 12.5 Å². The minimum Gasteiger partial charge on any atom is -0.378 e. The van der Waals surface area contributed by atoms with Crippen LogP contribution in [0.2, 0.25) is 0 Å². The van der Waals surface area contributed by atoms with Crippen LogP contribution in [0.25, 0.3) is 0 Å². The molecule has 0 unspecified atom stereocenters. The predicted molar refractivity (Wildman–Crippen MR) is 89.2 cm³/mol. The number of ether oxygens (including phenoxy) is 1. The summed E-state index contributed by atoms with van der Waals surface area (Å²) in [6.07, 6.45) is 6.73. The van der Waals surface area contributed by atoms with Crippen LogP contribution in [0.1, 0.15) is 21.6 Å². The standard InChI is InChI=1S/C17H21N5O2/c23-17(13-1-4-18-11-13)22-5-2-14-15(3-6-22)19-12-20-16(14)21-7-9-24-10-8-21/h1,4,11-12,18H,2-3,5-10H2. The van der Waals surface area contributed by atoms with Crippen molar-refractivity contribution in [2.45, 2.75) is 12.8 Å². The molecular weight excluding hydrogens is 306 g/mol. The second-order valence-corrected chi connectivity index (χ2v) is 6.11. The molecule has 1 amide bonds. The summed E-state index contributed by atoms with van der Waals surface area (Å²) in [5.74, 6) is 1.09. The zero-order chi connectivity index (χ0) is 16.4. The van der Waals surface area contributed by atoms with Crippen LogP contribution in [0.15, 0.2) is 24.8 Å². The number of aromatic nitrogens is 3. The maximum absolute atomic E-state index is 12.6. The highest BCUT2D eigenvalue weighted by atomic mass is 16.5. The summed E-state index contributed by atoms with van der Waals surface area (Å²) in [4.78, 5) is 28.7. The zero-order valence-corrected chi connectivity index (χ0v) is 13.6. The fourth-order valence-electron chi connectivity index (χ4n) is 3.40. The molecule has 2 aromatic heterocycles. The van der Waals surface area contributed by atoms with E-state index in [0.717, 1.165) is 50.7 Å². The third kappa shape index (κ3) is 2.87. The smallest absolute Gasteiger partial charge is 0.255 e. The monoisotopic (exact) mass is 327 g/mol. The van der Waals surface area contributed by atoms with Crippen LogP contribution >= 0.6 is 0 Å². The highest BCUT2D eigenvalue weighted by Crippen LogP contribution is 2.24. The molecule has 0 aromatic carbocycles. The van der Waals surface area contributed by atoms with Crippen molar-refractivity contribution in [3.63, 3.8) is 0 Å². The number of aromatic amines is 1. The highest BCUT2D eigenvalue weighted by Gasteiger charge is 2.25. The van der Waals surface area contributed by atoms with Gasteiger partial charge in [0.15, 0.2) is 0 Å². The first-order valence-corrected chi connectivity index (χ1v) is 8.40. The Labute approximate surface area is 140 Å². The lowest BCUT2D eigenvalue weighted by atomic mass is 10.1. The van der Waals surface area contributed by atoms with Crippen LogP contribution in [0.4, 0.5) is 5.82 Å². The van der Waals surface area contributed by atoms with Gasteiger partial charge in [0.05, 0.1) is 24.5 Å². The number of hydrogen-bond donors (Lipinski definition) is 1. The molecule has 4 heterocycles. The summed E-state index contributed by atoms with van der Waals surface area (Å²) in [5.41, 5.74) is 2.96. The quantitative estimate of drug-likeness (QED) is 0.886. The van der Waals surface area contributed by atoms with Gasteiger partial charge in [-0.15, -0.1) is 0 Å². The average molecular weight is 327 g/mol. The lowest BCUT2D eigenvalue weighted by molar-refractivity contribution is 0.0763. The van der Waals surface area contributed by atoms with Crippen molar-refractivity contribution in [1.82, 2.24) is 19.9 Å². The van der Waals surface area contributed by atoms with Crippen LogP contribution in [0.5, 0.6) is 0 Å². The molecular formula is C17H21N5O2. The van der Waals surface area contributed by atoms with E-state index in [4.69, 9.17) is 4.74 Å². The Morgan fingerprint density at radius 2 is 1.96 bits per heavy atom. The summed E-state index contributed by atoms with van der Waals surface area (Å²) >= 11 is 0.